The van der Waals surface area contributed by atoms with Gasteiger partial charge in [-0.3, -0.25) is 0 Å². The molecule has 1 aliphatic carbocycles. The lowest BCUT2D eigenvalue weighted by Gasteiger charge is -2.38. The van der Waals surface area contributed by atoms with Crippen molar-refractivity contribution in [3.8, 4) is 5.75 Å². The molecule has 0 aliphatic heterocycles. The number of benzene rings is 1. The number of rotatable bonds is 6. The van der Waals surface area contributed by atoms with Crippen molar-refractivity contribution in [3.05, 3.63) is 29.6 Å². The Balaban J connectivity index is 2.42. The van der Waals surface area contributed by atoms with Crippen LogP contribution in [-0.4, -0.2) is 26.4 Å². The minimum Gasteiger partial charge on any atom is -0.496 e. The summed E-state index contributed by atoms with van der Waals surface area (Å²) in [4.78, 5) is 0. The molecule has 3 nitrogen and oxygen atoms in total. The van der Waals surface area contributed by atoms with Gasteiger partial charge in [0.2, 0.25) is 0 Å². The number of hydrogen-bond acceptors (Lipinski definition) is 3. The molecule has 20 heavy (non-hydrogen) atoms. The van der Waals surface area contributed by atoms with Crippen LogP contribution in [0.25, 0.3) is 0 Å². The highest BCUT2D eigenvalue weighted by Gasteiger charge is 2.43. The second kappa shape index (κ2) is 6.55. The van der Waals surface area contributed by atoms with Gasteiger partial charge in [-0.15, -0.1) is 0 Å². The van der Waals surface area contributed by atoms with Gasteiger partial charge in [0.15, 0.2) is 0 Å². The third kappa shape index (κ3) is 2.81. The summed E-state index contributed by atoms with van der Waals surface area (Å²) < 4.78 is 25.2. The quantitative estimate of drug-likeness (QED) is 0.866. The molecule has 1 saturated carbocycles. The molecule has 1 aromatic rings. The minimum absolute atomic E-state index is 0.0596. The van der Waals surface area contributed by atoms with E-state index in [1.807, 2.05) is 14.0 Å². The molecule has 0 aromatic heterocycles. The van der Waals surface area contributed by atoms with E-state index in [9.17, 15) is 4.39 Å². The molecule has 1 atom stereocenters. The van der Waals surface area contributed by atoms with Crippen LogP contribution in [0.4, 0.5) is 4.39 Å². The third-order valence-corrected chi connectivity index (χ3v) is 4.20. The Hall–Kier alpha value is -1.13. The molecule has 1 unspecified atom stereocenters. The molecule has 1 N–H and O–H groups in total. The molecule has 0 heterocycles. The Morgan fingerprint density at radius 1 is 1.35 bits per heavy atom. The number of halogens is 1. The molecule has 0 amide bonds. The van der Waals surface area contributed by atoms with E-state index >= 15 is 0 Å². The molecular weight excluding hydrogens is 257 g/mol. The number of ether oxygens (including phenoxy) is 2. The number of methoxy groups -OCH3 is 1. The largest absolute Gasteiger partial charge is 0.496 e. The monoisotopic (exact) mass is 281 g/mol. The normalized spacial score (nSPS) is 19.0. The summed E-state index contributed by atoms with van der Waals surface area (Å²) in [7, 11) is 3.51. The third-order valence-electron chi connectivity index (χ3n) is 4.20. The molecule has 0 saturated heterocycles. The maximum atomic E-state index is 13.7. The summed E-state index contributed by atoms with van der Waals surface area (Å²) in [5, 5.41) is 3.32. The van der Waals surface area contributed by atoms with Crippen LogP contribution in [0, 0.1) is 5.82 Å². The van der Waals surface area contributed by atoms with Crippen molar-refractivity contribution in [2.75, 3.05) is 20.8 Å². The zero-order chi connectivity index (χ0) is 14.6. The van der Waals surface area contributed by atoms with Crippen LogP contribution in [0.3, 0.4) is 0 Å². The average Bonchev–Trinajstić information content (AvgIpc) is 2.90. The second-order valence-corrected chi connectivity index (χ2v) is 5.31. The van der Waals surface area contributed by atoms with E-state index in [-0.39, 0.29) is 17.5 Å². The van der Waals surface area contributed by atoms with Crippen molar-refractivity contribution in [1.82, 2.24) is 5.32 Å². The lowest BCUT2D eigenvalue weighted by atomic mass is 9.86. The highest BCUT2D eigenvalue weighted by atomic mass is 19.1. The Labute approximate surface area is 120 Å². The van der Waals surface area contributed by atoms with Crippen molar-refractivity contribution < 1.29 is 13.9 Å². The summed E-state index contributed by atoms with van der Waals surface area (Å²) in [6.07, 6.45) is 4.28. The van der Waals surface area contributed by atoms with Gasteiger partial charge in [0, 0.05) is 12.2 Å². The van der Waals surface area contributed by atoms with Gasteiger partial charge in [-0.1, -0.05) is 12.8 Å². The Morgan fingerprint density at radius 2 is 2.05 bits per heavy atom. The highest BCUT2D eigenvalue weighted by molar-refractivity contribution is 5.38. The first-order chi connectivity index (χ1) is 9.66. The van der Waals surface area contributed by atoms with Crippen LogP contribution in [0.1, 0.15) is 44.2 Å². The van der Waals surface area contributed by atoms with Crippen molar-refractivity contribution in [1.29, 1.82) is 0 Å². The fraction of sp³-hybridized carbons (Fsp3) is 0.625. The van der Waals surface area contributed by atoms with Crippen LogP contribution in [0.5, 0.6) is 5.75 Å². The van der Waals surface area contributed by atoms with Gasteiger partial charge in [-0.2, -0.15) is 0 Å². The molecule has 4 heteroatoms. The van der Waals surface area contributed by atoms with E-state index in [4.69, 9.17) is 9.47 Å². The zero-order valence-electron chi connectivity index (χ0n) is 12.5. The molecular formula is C16H24FNO2. The van der Waals surface area contributed by atoms with Crippen LogP contribution < -0.4 is 10.1 Å². The molecule has 1 fully saturated rings. The van der Waals surface area contributed by atoms with Crippen LogP contribution in [0.15, 0.2) is 18.2 Å². The van der Waals surface area contributed by atoms with Crippen LogP contribution >= 0.6 is 0 Å². The molecule has 0 spiro atoms. The summed E-state index contributed by atoms with van der Waals surface area (Å²) in [5.41, 5.74) is 0.579. The molecule has 0 radical (unpaired) electrons. The second-order valence-electron chi connectivity index (χ2n) is 5.31. The molecule has 2 rings (SSSR count). The van der Waals surface area contributed by atoms with Gasteiger partial charge in [0.25, 0.3) is 0 Å². The molecule has 0 bridgehead atoms. The first kappa shape index (κ1) is 15.3. The maximum absolute atomic E-state index is 13.7. The van der Waals surface area contributed by atoms with Crippen molar-refractivity contribution in [3.63, 3.8) is 0 Å². The Bertz CT molecular complexity index is 444. The highest BCUT2D eigenvalue weighted by Crippen LogP contribution is 2.45. The topological polar surface area (TPSA) is 30.5 Å². The van der Waals surface area contributed by atoms with Crippen molar-refractivity contribution >= 4 is 0 Å². The average molecular weight is 281 g/mol. The van der Waals surface area contributed by atoms with Crippen LogP contribution in [0.2, 0.25) is 0 Å². The van der Waals surface area contributed by atoms with Gasteiger partial charge in [0.1, 0.15) is 11.6 Å². The summed E-state index contributed by atoms with van der Waals surface area (Å²) >= 11 is 0. The maximum Gasteiger partial charge on any atom is 0.123 e. The molecule has 112 valence electrons. The molecule has 1 aromatic carbocycles. The van der Waals surface area contributed by atoms with Gasteiger partial charge in [-0.05, 0) is 45.0 Å². The predicted molar refractivity (Wildman–Crippen MR) is 77.6 cm³/mol. The standard InChI is InChI=1S/C16H24FNO2/c1-4-20-16(9-5-6-10-16)15(18-2)13-11-12(17)7-8-14(13)19-3/h7-8,11,15,18H,4-6,9-10H2,1-3H3. The van der Waals surface area contributed by atoms with Crippen LogP contribution in [-0.2, 0) is 4.74 Å². The summed E-state index contributed by atoms with van der Waals surface area (Å²) in [6.45, 7) is 2.67. The van der Waals surface area contributed by atoms with E-state index in [1.54, 1.807) is 19.2 Å². The predicted octanol–water partition coefficient (Wildman–Crippen LogP) is 3.44. The number of likely N-dealkylation sites (N-methyl/N-ethyl adjacent to an activating group) is 1. The lowest BCUT2D eigenvalue weighted by molar-refractivity contribution is -0.0614. The van der Waals surface area contributed by atoms with Gasteiger partial charge in [0.05, 0.1) is 18.8 Å². The van der Waals surface area contributed by atoms with Crippen molar-refractivity contribution in [2.24, 2.45) is 0 Å². The van der Waals surface area contributed by atoms with Gasteiger partial charge >= 0.3 is 0 Å². The van der Waals surface area contributed by atoms with E-state index in [0.717, 1.165) is 31.2 Å². The number of nitrogens with one attached hydrogen (secondary N) is 1. The van der Waals surface area contributed by atoms with Crippen molar-refractivity contribution in [2.45, 2.75) is 44.2 Å². The first-order valence-electron chi connectivity index (χ1n) is 7.31. The summed E-state index contributed by atoms with van der Waals surface area (Å²) in [5.74, 6) is 0.461. The lowest BCUT2D eigenvalue weighted by Crippen LogP contribution is -2.43. The smallest absolute Gasteiger partial charge is 0.123 e. The Kier molecular flexibility index (Phi) is 5.00. The van der Waals surface area contributed by atoms with Gasteiger partial charge < -0.3 is 14.8 Å². The van der Waals surface area contributed by atoms with E-state index in [0.29, 0.717) is 12.4 Å². The minimum atomic E-state index is -0.259. The van der Waals surface area contributed by atoms with Gasteiger partial charge in [-0.25, -0.2) is 4.39 Å². The van der Waals surface area contributed by atoms with E-state index in [1.165, 1.54) is 6.07 Å². The fourth-order valence-electron chi connectivity index (χ4n) is 3.41. The number of hydrogen-bond donors (Lipinski definition) is 1. The van der Waals surface area contributed by atoms with E-state index in [2.05, 4.69) is 5.32 Å². The summed E-state index contributed by atoms with van der Waals surface area (Å²) in [6, 6.07) is 4.61. The zero-order valence-corrected chi connectivity index (χ0v) is 12.5. The molecule has 1 aliphatic rings. The Morgan fingerprint density at radius 3 is 2.60 bits per heavy atom. The fourth-order valence-corrected chi connectivity index (χ4v) is 3.41. The van der Waals surface area contributed by atoms with E-state index < -0.39 is 0 Å². The first-order valence-corrected chi connectivity index (χ1v) is 7.31. The SMILES string of the molecule is CCOC1(C(NC)c2cc(F)ccc2OC)CCCC1.